The molecule has 67 heavy (non-hydrogen) atoms. The predicted octanol–water partition coefficient (Wildman–Crippen LogP) is 0.309. The molecule has 0 aromatic rings. The van der Waals surface area contributed by atoms with Gasteiger partial charge in [0, 0.05) is 44.6 Å². The third kappa shape index (κ3) is 19.7. The van der Waals surface area contributed by atoms with E-state index in [1.165, 1.54) is 7.05 Å². The average molecular weight is 952 g/mol. The normalized spacial score (nSPS) is 44.4. The second-order valence-electron chi connectivity index (χ2n) is 18.0. The van der Waals surface area contributed by atoms with Crippen LogP contribution in [0.4, 0.5) is 4.79 Å². The summed E-state index contributed by atoms with van der Waals surface area (Å²) in [5, 5.41) is 114. The molecular weight excluding hydrogens is 875 g/mol. The maximum absolute atomic E-state index is 12.6. The van der Waals surface area contributed by atoms with Gasteiger partial charge in [0.1, 0.15) is 12.2 Å². The molecule has 2 bridgehead atoms. The zero-order chi connectivity index (χ0) is 49.8. The van der Waals surface area contributed by atoms with Crippen molar-refractivity contribution in [3.05, 3.63) is 85.1 Å². The highest BCUT2D eigenvalue weighted by Crippen LogP contribution is 2.35. The Bertz CT molecular complexity index is 1710. The largest absolute Gasteiger partial charge is 0.462 e. The monoisotopic (exact) mass is 952 g/mol. The van der Waals surface area contributed by atoms with Crippen molar-refractivity contribution in [2.24, 2.45) is 17.6 Å². The number of cyclic esters (lactones) is 1. The fourth-order valence-electron chi connectivity index (χ4n) is 8.06. The second-order valence-corrected chi connectivity index (χ2v) is 18.0. The number of ether oxygens (including phenoxy) is 4. The van der Waals surface area contributed by atoms with E-state index in [-0.39, 0.29) is 31.6 Å². The van der Waals surface area contributed by atoms with Gasteiger partial charge in [-0.1, -0.05) is 98.9 Å². The molecule has 3 aliphatic heterocycles. The van der Waals surface area contributed by atoms with Crippen LogP contribution in [0.3, 0.4) is 0 Å². The minimum Gasteiger partial charge on any atom is -0.462 e. The first kappa shape index (κ1) is 57.7. The maximum atomic E-state index is 12.6. The minimum absolute atomic E-state index is 0.0901. The van der Waals surface area contributed by atoms with E-state index < -0.39 is 147 Å². The Balaban J connectivity index is 1.89. The molecule has 3 aliphatic rings. The van der Waals surface area contributed by atoms with Crippen LogP contribution in [-0.2, 0) is 23.7 Å². The van der Waals surface area contributed by atoms with Crippen molar-refractivity contribution in [2.75, 3.05) is 7.05 Å². The fourth-order valence-corrected chi connectivity index (χ4v) is 8.06. The van der Waals surface area contributed by atoms with Gasteiger partial charge in [-0.25, -0.2) is 4.79 Å². The van der Waals surface area contributed by atoms with E-state index in [0.29, 0.717) is 0 Å². The molecule has 0 aliphatic carbocycles. The van der Waals surface area contributed by atoms with Crippen LogP contribution in [0.2, 0.25) is 0 Å². The SMILES string of the molecule is CNC(=O)N[C@H]1[C@@H]2C[C@@H](O[C@@H]3O[C@H](C)[C@@H](O)[C@H](N)[C@@H]3O)/C=C/C=C/C=C/C=C/C=C/C=C/C=C/[C@H](C)C(O)[C@@H](C)[C@H](C)OC(=O)C[C@H](O)C[C@H](O)CC[C@@H](O)[C@H](O)C[C@H](O)C[C@](O)(C[C@@H]1O)O2. The van der Waals surface area contributed by atoms with Gasteiger partial charge in [-0.2, -0.15) is 0 Å². The van der Waals surface area contributed by atoms with E-state index in [9.17, 15) is 60.7 Å². The predicted molar refractivity (Wildman–Crippen MR) is 247 cm³/mol. The van der Waals surface area contributed by atoms with Crippen LogP contribution in [0.25, 0.3) is 0 Å². The molecule has 0 aromatic carbocycles. The van der Waals surface area contributed by atoms with Crippen molar-refractivity contribution in [3.63, 3.8) is 0 Å². The summed E-state index contributed by atoms with van der Waals surface area (Å²) in [5.41, 5.74) is 6.07. The van der Waals surface area contributed by atoms with Gasteiger partial charge in [-0.15, -0.1) is 0 Å². The number of carbonyl (C=O) groups excluding carboxylic acids is 2. The summed E-state index contributed by atoms with van der Waals surface area (Å²) in [6, 6.07) is -2.93. The standard InChI is InChI=1S/C48H77N3O16/c1-28-18-16-14-12-10-8-6-7-9-11-13-15-17-19-35(66-46-45(61)41(49)44(60)31(4)65-46)25-39-42(51-47(62)50-5)38(57)27-48(63,67-39)26-34(54)23-37(56)36(55)21-20-32(52)22-33(53)24-40(58)64-30(3)29(2)43(28)59/h6-19,28-39,41-46,52-57,59-61,63H,20-27,49H2,1-5H3,(H2,50,51,62)/b7-6+,10-8+,11-9+,14-12+,15-13+,18-16+,19-17+/t28-,29-,30-,31+,32+,33+,34-,35-,36+,37+,38-,39-,41-,42+,43?,44+,45-,46-,48+/m0/s1. The first-order valence-corrected chi connectivity index (χ1v) is 23.1. The number of esters is 1. The van der Waals surface area contributed by atoms with Crippen molar-refractivity contribution in [3.8, 4) is 0 Å². The third-order valence-corrected chi connectivity index (χ3v) is 12.3. The average Bonchev–Trinajstić information content (AvgIpc) is 3.26. The molecule has 3 heterocycles. The number of nitrogens with two attached hydrogens (primary N) is 1. The highest BCUT2D eigenvalue weighted by molar-refractivity contribution is 5.74. The number of aliphatic hydroxyl groups is 10. The Hall–Kier alpha value is -3.64. The van der Waals surface area contributed by atoms with Crippen LogP contribution in [0.15, 0.2) is 85.1 Å². The number of allylic oxidation sites excluding steroid dienone is 12. The van der Waals surface area contributed by atoms with E-state index in [2.05, 4.69) is 10.6 Å². The summed E-state index contributed by atoms with van der Waals surface area (Å²) < 4.78 is 23.6. The van der Waals surface area contributed by atoms with Crippen molar-refractivity contribution >= 4 is 12.0 Å². The Kier molecular flexibility index (Phi) is 24.8. The molecule has 380 valence electrons. The number of hydrogen-bond acceptors (Lipinski definition) is 17. The minimum atomic E-state index is -2.23. The lowest BCUT2D eigenvalue weighted by Gasteiger charge is -2.46. The van der Waals surface area contributed by atoms with Gasteiger partial charge in [0.2, 0.25) is 0 Å². The van der Waals surface area contributed by atoms with Crippen LogP contribution in [-0.4, -0.2) is 174 Å². The molecule has 2 fully saturated rings. The number of amides is 2. The van der Waals surface area contributed by atoms with Crippen molar-refractivity contribution in [2.45, 2.75) is 183 Å². The van der Waals surface area contributed by atoms with Crippen LogP contribution in [0, 0.1) is 11.8 Å². The molecule has 2 amide bonds. The summed E-state index contributed by atoms with van der Waals surface area (Å²) in [5.74, 6) is -3.68. The molecule has 1 unspecified atom stereocenters. The Morgan fingerprint density at radius 3 is 1.87 bits per heavy atom. The Morgan fingerprint density at radius 1 is 0.687 bits per heavy atom. The molecule has 19 nitrogen and oxygen atoms in total. The lowest BCUT2D eigenvalue weighted by atomic mass is 9.87. The molecule has 2 saturated heterocycles. The number of nitrogens with one attached hydrogen (secondary N) is 2. The van der Waals surface area contributed by atoms with Gasteiger partial charge in [-0.05, 0) is 33.1 Å². The Morgan fingerprint density at radius 2 is 1.27 bits per heavy atom. The van der Waals surface area contributed by atoms with Crippen LogP contribution < -0.4 is 16.4 Å². The van der Waals surface area contributed by atoms with Crippen molar-refractivity contribution in [1.29, 1.82) is 0 Å². The topological polar surface area (TPSA) is 323 Å². The van der Waals surface area contributed by atoms with Gasteiger partial charge in [0.25, 0.3) is 0 Å². The highest BCUT2D eigenvalue weighted by Gasteiger charge is 2.49. The van der Waals surface area contributed by atoms with Gasteiger partial charge in [0.05, 0.1) is 85.6 Å². The third-order valence-electron chi connectivity index (χ3n) is 12.3. The van der Waals surface area contributed by atoms with Gasteiger partial charge in [0.15, 0.2) is 12.1 Å². The number of carbonyl (C=O) groups is 2. The molecule has 0 spiro atoms. The lowest BCUT2D eigenvalue weighted by Crippen LogP contribution is -2.63. The quantitative estimate of drug-likeness (QED) is 0.169. The number of urea groups is 1. The molecule has 0 saturated carbocycles. The zero-order valence-corrected chi connectivity index (χ0v) is 39.1. The highest BCUT2D eigenvalue weighted by atomic mass is 16.7. The van der Waals surface area contributed by atoms with Crippen molar-refractivity contribution < 1.29 is 79.6 Å². The molecule has 14 N–H and O–H groups in total. The maximum Gasteiger partial charge on any atom is 0.314 e. The van der Waals surface area contributed by atoms with E-state index in [0.717, 1.165) is 0 Å². The molecule has 3 rings (SSSR count). The molecule has 19 atom stereocenters. The van der Waals surface area contributed by atoms with E-state index in [4.69, 9.17) is 24.7 Å². The van der Waals surface area contributed by atoms with Crippen LogP contribution in [0.5, 0.6) is 0 Å². The number of rotatable bonds is 3. The van der Waals surface area contributed by atoms with Crippen LogP contribution in [0.1, 0.15) is 79.1 Å². The molecule has 19 heteroatoms. The summed E-state index contributed by atoms with van der Waals surface area (Å²) in [7, 11) is 1.37. The van der Waals surface area contributed by atoms with Gasteiger partial charge in [-0.3, -0.25) is 4.79 Å². The lowest BCUT2D eigenvalue weighted by molar-refractivity contribution is -0.303. The summed E-state index contributed by atoms with van der Waals surface area (Å²) in [6.45, 7) is 6.79. The van der Waals surface area contributed by atoms with E-state index in [1.807, 2.05) is 43.4 Å². The summed E-state index contributed by atoms with van der Waals surface area (Å²) in [6.07, 6.45) is 5.17. The van der Waals surface area contributed by atoms with Crippen molar-refractivity contribution in [1.82, 2.24) is 10.6 Å². The van der Waals surface area contributed by atoms with E-state index in [1.54, 1.807) is 69.4 Å². The number of hydrogen-bond donors (Lipinski definition) is 13. The number of aliphatic hydroxyl groups excluding tert-OH is 9. The van der Waals surface area contributed by atoms with E-state index >= 15 is 0 Å². The first-order valence-electron chi connectivity index (χ1n) is 23.1. The molecular formula is C48H77N3O16. The fraction of sp³-hybridized carbons (Fsp3) is 0.667. The van der Waals surface area contributed by atoms with Crippen LogP contribution >= 0.6 is 0 Å². The zero-order valence-electron chi connectivity index (χ0n) is 39.1. The first-order chi connectivity index (χ1) is 31.6. The van der Waals surface area contributed by atoms with Gasteiger partial charge < -0.3 is 86.4 Å². The van der Waals surface area contributed by atoms with Gasteiger partial charge >= 0.3 is 12.0 Å². The second kappa shape index (κ2) is 28.8. The number of fused-ring (bicyclic) bond motifs is 2. The summed E-state index contributed by atoms with van der Waals surface area (Å²) in [4.78, 5) is 25.2. The smallest absolute Gasteiger partial charge is 0.314 e. The summed E-state index contributed by atoms with van der Waals surface area (Å²) >= 11 is 0. The Labute approximate surface area is 393 Å². The molecule has 0 aromatic heterocycles. The molecule has 0 radical (unpaired) electrons.